The maximum atomic E-state index is 12.1. The Hall–Kier alpha value is -0.180. The quantitative estimate of drug-likeness (QED) is 0.637. The Labute approximate surface area is 121 Å². The standard InChI is InChI=1S/C12H16INO3S/c13-14-8-4-7-11(14)12(15)9-18(16,17)10-5-2-1-3-6-10/h1-3,5-6,11-12,15H,4,7-9H2. The first kappa shape index (κ1) is 14.2. The first-order chi connectivity index (χ1) is 8.50. The van der Waals surface area contributed by atoms with Gasteiger partial charge >= 0.3 is 0 Å². The Balaban J connectivity index is 2.09. The second-order valence-corrected chi connectivity index (χ2v) is 7.77. The largest absolute Gasteiger partial charge is 0.390 e. The van der Waals surface area contributed by atoms with E-state index >= 15 is 0 Å². The van der Waals surface area contributed by atoms with E-state index in [1.807, 2.05) is 3.11 Å². The highest BCUT2D eigenvalue weighted by atomic mass is 127. The molecule has 1 aliphatic heterocycles. The van der Waals surface area contributed by atoms with Crippen LogP contribution in [0.15, 0.2) is 35.2 Å². The lowest BCUT2D eigenvalue weighted by molar-refractivity contribution is 0.136. The molecule has 2 rings (SSSR count). The zero-order valence-electron chi connectivity index (χ0n) is 9.87. The fraction of sp³-hybridized carbons (Fsp3) is 0.500. The molecule has 0 radical (unpaired) electrons. The molecule has 4 nitrogen and oxygen atoms in total. The maximum Gasteiger partial charge on any atom is 0.180 e. The molecule has 1 aliphatic rings. The average molecular weight is 381 g/mol. The Morgan fingerprint density at radius 1 is 1.39 bits per heavy atom. The number of aliphatic hydroxyl groups excluding tert-OH is 1. The van der Waals surface area contributed by atoms with E-state index in [1.54, 1.807) is 30.3 Å². The van der Waals surface area contributed by atoms with E-state index < -0.39 is 15.9 Å². The Kier molecular flexibility index (Phi) is 4.63. The smallest absolute Gasteiger partial charge is 0.180 e. The Morgan fingerprint density at radius 2 is 2.06 bits per heavy atom. The predicted octanol–water partition coefficient (Wildman–Crippen LogP) is 1.64. The summed E-state index contributed by atoms with van der Waals surface area (Å²) in [6, 6.07) is 8.25. The molecule has 1 fully saturated rings. The lowest BCUT2D eigenvalue weighted by Crippen LogP contribution is -2.38. The van der Waals surface area contributed by atoms with Gasteiger partial charge < -0.3 is 5.11 Å². The Bertz CT molecular complexity index is 491. The highest BCUT2D eigenvalue weighted by Crippen LogP contribution is 2.25. The summed E-state index contributed by atoms with van der Waals surface area (Å²) < 4.78 is 26.3. The molecule has 0 bridgehead atoms. The zero-order valence-corrected chi connectivity index (χ0v) is 12.8. The molecule has 1 saturated heterocycles. The van der Waals surface area contributed by atoms with Crippen LogP contribution in [-0.2, 0) is 9.84 Å². The summed E-state index contributed by atoms with van der Waals surface area (Å²) in [4.78, 5) is 0.280. The highest BCUT2D eigenvalue weighted by Gasteiger charge is 2.32. The van der Waals surface area contributed by atoms with Gasteiger partial charge in [-0.05, 0) is 25.0 Å². The molecule has 0 spiro atoms. The molecule has 2 unspecified atom stereocenters. The molecule has 0 aromatic heterocycles. The third kappa shape index (κ3) is 3.23. The van der Waals surface area contributed by atoms with Gasteiger partial charge in [-0.2, -0.15) is 0 Å². The molecule has 1 heterocycles. The van der Waals surface area contributed by atoms with Gasteiger partial charge in [0.1, 0.15) is 0 Å². The molecule has 2 atom stereocenters. The van der Waals surface area contributed by atoms with Gasteiger partial charge in [-0.3, -0.25) is 0 Å². The van der Waals surface area contributed by atoms with Crippen LogP contribution < -0.4 is 0 Å². The van der Waals surface area contributed by atoms with Gasteiger partial charge in [0.2, 0.25) is 0 Å². The average Bonchev–Trinajstić information content (AvgIpc) is 2.76. The van der Waals surface area contributed by atoms with E-state index in [2.05, 4.69) is 22.9 Å². The minimum Gasteiger partial charge on any atom is -0.390 e. The number of aliphatic hydroxyl groups is 1. The number of nitrogens with zero attached hydrogens (tertiary/aromatic N) is 1. The molecule has 0 saturated carbocycles. The molecular weight excluding hydrogens is 365 g/mol. The third-order valence-corrected chi connectivity index (χ3v) is 6.14. The number of benzene rings is 1. The molecule has 1 N–H and O–H groups in total. The van der Waals surface area contributed by atoms with Crippen LogP contribution >= 0.6 is 22.9 Å². The topological polar surface area (TPSA) is 57.6 Å². The van der Waals surface area contributed by atoms with Crippen LogP contribution in [0.25, 0.3) is 0 Å². The van der Waals surface area contributed by atoms with Crippen molar-refractivity contribution in [3.63, 3.8) is 0 Å². The van der Waals surface area contributed by atoms with E-state index in [-0.39, 0.29) is 16.7 Å². The second-order valence-electron chi connectivity index (χ2n) is 4.49. The number of hydrogen-bond donors (Lipinski definition) is 1. The third-order valence-electron chi connectivity index (χ3n) is 3.17. The van der Waals surface area contributed by atoms with E-state index in [9.17, 15) is 13.5 Å². The van der Waals surface area contributed by atoms with Crippen LogP contribution in [0.4, 0.5) is 0 Å². The molecule has 0 amide bonds. The second kappa shape index (κ2) is 5.85. The number of hydrogen-bond acceptors (Lipinski definition) is 4. The summed E-state index contributed by atoms with van der Waals surface area (Å²) in [5.41, 5.74) is 0. The van der Waals surface area contributed by atoms with Crippen LogP contribution in [0.3, 0.4) is 0 Å². The SMILES string of the molecule is O=S(=O)(CC(O)C1CCCN1I)c1ccccc1. The minimum absolute atomic E-state index is 0.0518. The van der Waals surface area contributed by atoms with Gasteiger partial charge in [0, 0.05) is 35.5 Å². The van der Waals surface area contributed by atoms with Crippen LogP contribution in [0, 0.1) is 0 Å². The van der Waals surface area contributed by atoms with Crippen molar-refractivity contribution in [2.45, 2.75) is 29.9 Å². The summed E-state index contributed by atoms with van der Waals surface area (Å²) in [5.74, 6) is -0.207. The molecule has 18 heavy (non-hydrogen) atoms. The molecule has 6 heteroatoms. The molecule has 100 valence electrons. The van der Waals surface area contributed by atoms with Crippen LogP contribution in [0.5, 0.6) is 0 Å². The summed E-state index contributed by atoms with van der Waals surface area (Å²) in [6.45, 7) is 0.910. The van der Waals surface area contributed by atoms with Gasteiger partial charge in [0.25, 0.3) is 0 Å². The summed E-state index contributed by atoms with van der Waals surface area (Å²) in [7, 11) is -3.40. The first-order valence-electron chi connectivity index (χ1n) is 5.89. The van der Waals surface area contributed by atoms with Gasteiger partial charge in [0.05, 0.1) is 16.8 Å². The Morgan fingerprint density at radius 3 is 2.61 bits per heavy atom. The number of rotatable bonds is 4. The van der Waals surface area contributed by atoms with Gasteiger partial charge in [-0.25, -0.2) is 11.5 Å². The van der Waals surface area contributed by atoms with E-state index in [0.29, 0.717) is 0 Å². The summed E-state index contributed by atoms with van der Waals surface area (Å²) >= 11 is 2.15. The molecular formula is C12H16INO3S. The van der Waals surface area contributed by atoms with Crippen molar-refractivity contribution in [2.75, 3.05) is 12.3 Å². The maximum absolute atomic E-state index is 12.1. The van der Waals surface area contributed by atoms with Crippen molar-refractivity contribution in [3.8, 4) is 0 Å². The predicted molar refractivity (Wildman–Crippen MR) is 78.2 cm³/mol. The van der Waals surface area contributed by atoms with E-state index in [4.69, 9.17) is 0 Å². The van der Waals surface area contributed by atoms with Gasteiger partial charge in [-0.1, -0.05) is 18.2 Å². The van der Waals surface area contributed by atoms with E-state index in [0.717, 1.165) is 19.4 Å². The van der Waals surface area contributed by atoms with Crippen LogP contribution in [-0.4, -0.2) is 41.1 Å². The van der Waals surface area contributed by atoms with Gasteiger partial charge in [0.15, 0.2) is 9.84 Å². The monoisotopic (exact) mass is 381 g/mol. The molecule has 1 aromatic rings. The van der Waals surface area contributed by atoms with Crippen molar-refractivity contribution in [2.24, 2.45) is 0 Å². The van der Waals surface area contributed by atoms with Crippen molar-refractivity contribution in [1.82, 2.24) is 3.11 Å². The van der Waals surface area contributed by atoms with Crippen LogP contribution in [0.2, 0.25) is 0 Å². The lowest BCUT2D eigenvalue weighted by Gasteiger charge is -2.23. The first-order valence-corrected chi connectivity index (χ1v) is 8.51. The minimum atomic E-state index is -3.40. The summed E-state index contributed by atoms with van der Waals surface area (Å²) in [6.07, 6.45) is 1.04. The lowest BCUT2D eigenvalue weighted by atomic mass is 10.1. The van der Waals surface area contributed by atoms with Crippen molar-refractivity contribution < 1.29 is 13.5 Å². The fourth-order valence-electron chi connectivity index (χ4n) is 2.20. The molecule has 0 aliphatic carbocycles. The van der Waals surface area contributed by atoms with Crippen molar-refractivity contribution in [1.29, 1.82) is 0 Å². The fourth-order valence-corrected chi connectivity index (χ4v) is 4.62. The highest BCUT2D eigenvalue weighted by molar-refractivity contribution is 14.1. The van der Waals surface area contributed by atoms with Crippen molar-refractivity contribution >= 4 is 32.7 Å². The van der Waals surface area contributed by atoms with E-state index in [1.165, 1.54) is 0 Å². The normalized spacial score (nSPS) is 23.1. The number of halogens is 1. The van der Waals surface area contributed by atoms with Gasteiger partial charge in [-0.15, -0.1) is 0 Å². The molecule has 1 aromatic carbocycles. The van der Waals surface area contributed by atoms with Crippen molar-refractivity contribution in [3.05, 3.63) is 30.3 Å². The number of sulfone groups is 1. The summed E-state index contributed by atoms with van der Waals surface area (Å²) in [5, 5.41) is 10.1. The van der Waals surface area contributed by atoms with Crippen LogP contribution in [0.1, 0.15) is 12.8 Å². The zero-order chi connectivity index (χ0) is 13.2.